The van der Waals surface area contributed by atoms with Crippen LogP contribution in [0.15, 0.2) is 102 Å². The van der Waals surface area contributed by atoms with Crippen molar-refractivity contribution in [3.8, 4) is 5.69 Å². The zero-order chi connectivity index (χ0) is 24.2. The molecule has 1 aliphatic rings. The number of nitrogens with one attached hydrogen (secondary N) is 1. The minimum Gasteiger partial charge on any atom is -0.325 e. The Morgan fingerprint density at radius 1 is 0.694 bits per heavy atom. The maximum Gasteiger partial charge on any atom is 0.243 e. The summed E-state index contributed by atoms with van der Waals surface area (Å²) in [5, 5.41) is 14.4. The molecular formula is C29H23N7. The Bertz CT molecular complexity index is 1770. The molecule has 1 aliphatic heterocycles. The van der Waals surface area contributed by atoms with Crippen molar-refractivity contribution < 1.29 is 0 Å². The van der Waals surface area contributed by atoms with Crippen LogP contribution in [0.1, 0.15) is 11.1 Å². The number of anilines is 3. The summed E-state index contributed by atoms with van der Waals surface area (Å²) >= 11 is 0. The standard InChI is InChI=1S/C29H23N7/c1-19-11-15-21(16-12-19)30-28-31-25-9-5-6-10-26(25)35-27-23-7-3-4-8-24(23)32-36(27)33-29(35)34(28)22-17-13-20(2)14-18-22/h3-18H,1-2H3,(H,30,31). The minimum absolute atomic E-state index is 0.659. The topological polar surface area (TPSA) is 62.8 Å². The lowest BCUT2D eigenvalue weighted by Crippen LogP contribution is -2.33. The fraction of sp³-hybridized carbons (Fsp3) is 0.0690. The van der Waals surface area contributed by atoms with Gasteiger partial charge in [0, 0.05) is 11.1 Å². The van der Waals surface area contributed by atoms with Gasteiger partial charge >= 0.3 is 0 Å². The van der Waals surface area contributed by atoms with Gasteiger partial charge in [-0.15, -0.1) is 14.8 Å². The van der Waals surface area contributed by atoms with Gasteiger partial charge in [0.1, 0.15) is 0 Å². The Balaban J connectivity index is 1.54. The third-order valence-electron chi connectivity index (χ3n) is 6.49. The monoisotopic (exact) mass is 469 g/mol. The Kier molecular flexibility index (Phi) is 4.44. The van der Waals surface area contributed by atoms with Gasteiger partial charge in [0.2, 0.25) is 11.9 Å². The number of benzene rings is 4. The predicted octanol–water partition coefficient (Wildman–Crippen LogP) is 6.54. The molecule has 0 unspecified atom stereocenters. The molecule has 0 fully saturated rings. The van der Waals surface area contributed by atoms with Crippen LogP contribution in [0.25, 0.3) is 22.2 Å². The second-order valence-corrected chi connectivity index (χ2v) is 9.05. The van der Waals surface area contributed by atoms with Crippen LogP contribution in [-0.4, -0.2) is 25.4 Å². The molecule has 0 spiro atoms. The number of aromatic nitrogens is 4. The van der Waals surface area contributed by atoms with Crippen LogP contribution in [-0.2, 0) is 0 Å². The molecule has 0 radical (unpaired) electrons. The number of hydrogen-bond donors (Lipinski definition) is 1. The third-order valence-corrected chi connectivity index (χ3v) is 6.49. The summed E-state index contributed by atoms with van der Waals surface area (Å²) in [7, 11) is 0. The van der Waals surface area contributed by atoms with E-state index in [4.69, 9.17) is 15.2 Å². The first kappa shape index (κ1) is 20.5. The van der Waals surface area contributed by atoms with Gasteiger partial charge in [0.25, 0.3) is 0 Å². The van der Waals surface area contributed by atoms with Crippen molar-refractivity contribution in [3.05, 3.63) is 108 Å². The van der Waals surface area contributed by atoms with Gasteiger partial charge in [-0.1, -0.05) is 59.7 Å². The van der Waals surface area contributed by atoms with E-state index in [2.05, 4.69) is 89.3 Å². The molecule has 174 valence electrons. The number of para-hydroxylation sites is 2. The van der Waals surface area contributed by atoms with Crippen molar-refractivity contribution in [2.45, 2.75) is 13.8 Å². The van der Waals surface area contributed by atoms with E-state index in [-0.39, 0.29) is 0 Å². The van der Waals surface area contributed by atoms with Gasteiger partial charge < -0.3 is 5.32 Å². The zero-order valence-electron chi connectivity index (χ0n) is 19.9. The van der Waals surface area contributed by atoms with Crippen molar-refractivity contribution in [2.24, 2.45) is 4.99 Å². The number of guanidine groups is 1. The molecule has 0 amide bonds. The molecule has 1 N–H and O–H groups in total. The average Bonchev–Trinajstić information content (AvgIpc) is 3.39. The lowest BCUT2D eigenvalue weighted by Gasteiger charge is -2.24. The molecule has 36 heavy (non-hydrogen) atoms. The highest BCUT2D eigenvalue weighted by Gasteiger charge is 2.30. The molecule has 0 saturated heterocycles. The fourth-order valence-electron chi connectivity index (χ4n) is 4.67. The Morgan fingerprint density at radius 3 is 2.19 bits per heavy atom. The molecule has 0 bridgehead atoms. The number of hydrogen-bond acceptors (Lipinski definition) is 5. The highest BCUT2D eigenvalue weighted by Crippen LogP contribution is 2.38. The minimum atomic E-state index is 0.659. The van der Waals surface area contributed by atoms with Crippen LogP contribution in [0.3, 0.4) is 0 Å². The van der Waals surface area contributed by atoms with Gasteiger partial charge in [0.05, 0.1) is 22.6 Å². The lowest BCUT2D eigenvalue weighted by molar-refractivity contribution is 0.833. The molecule has 2 aromatic heterocycles. The third kappa shape index (κ3) is 3.17. The van der Waals surface area contributed by atoms with E-state index in [0.717, 1.165) is 39.3 Å². The smallest absolute Gasteiger partial charge is 0.243 e. The Hall–Kier alpha value is -4.91. The summed E-state index contributed by atoms with van der Waals surface area (Å²) in [5.41, 5.74) is 7.87. The zero-order valence-corrected chi connectivity index (χ0v) is 19.9. The van der Waals surface area contributed by atoms with E-state index in [9.17, 15) is 0 Å². The number of aryl methyl sites for hydroxylation is 2. The Morgan fingerprint density at radius 2 is 1.39 bits per heavy atom. The highest BCUT2D eigenvalue weighted by molar-refractivity contribution is 6.12. The van der Waals surface area contributed by atoms with Crippen LogP contribution in [0.5, 0.6) is 0 Å². The van der Waals surface area contributed by atoms with Gasteiger partial charge in [-0.05, 0) is 62.4 Å². The summed E-state index contributed by atoms with van der Waals surface area (Å²) in [6, 6.07) is 33.0. The lowest BCUT2D eigenvalue weighted by atomic mass is 10.2. The summed E-state index contributed by atoms with van der Waals surface area (Å²) in [4.78, 5) is 7.19. The van der Waals surface area contributed by atoms with E-state index in [1.807, 2.05) is 36.4 Å². The second-order valence-electron chi connectivity index (χ2n) is 9.05. The van der Waals surface area contributed by atoms with Crippen molar-refractivity contribution in [1.29, 1.82) is 0 Å². The quantitative estimate of drug-likeness (QED) is 0.313. The predicted molar refractivity (Wildman–Crippen MR) is 145 cm³/mol. The van der Waals surface area contributed by atoms with Gasteiger partial charge in [-0.3, -0.25) is 4.57 Å². The first-order valence-electron chi connectivity index (χ1n) is 11.9. The molecule has 7 nitrogen and oxygen atoms in total. The number of nitrogens with zero attached hydrogens (tertiary/aromatic N) is 6. The van der Waals surface area contributed by atoms with Crippen LogP contribution < -0.4 is 10.2 Å². The molecule has 7 heteroatoms. The molecular weight excluding hydrogens is 446 g/mol. The van der Waals surface area contributed by atoms with Crippen molar-refractivity contribution in [2.75, 3.05) is 10.2 Å². The van der Waals surface area contributed by atoms with E-state index < -0.39 is 0 Å². The molecule has 3 heterocycles. The number of rotatable bonds is 2. The first-order chi connectivity index (χ1) is 17.7. The maximum absolute atomic E-state index is 5.14. The van der Waals surface area contributed by atoms with Crippen LogP contribution in [0.2, 0.25) is 0 Å². The summed E-state index contributed by atoms with van der Waals surface area (Å²) in [6.07, 6.45) is 0. The molecule has 0 aliphatic carbocycles. The maximum atomic E-state index is 5.14. The number of fused-ring (bicyclic) bond motifs is 7. The van der Waals surface area contributed by atoms with Gasteiger partial charge in [-0.2, -0.15) is 0 Å². The highest BCUT2D eigenvalue weighted by atomic mass is 15.6. The number of aliphatic imine (C=N–C) groups is 1. The Labute approximate surface area is 207 Å². The normalized spacial score (nSPS) is 12.8. The van der Waals surface area contributed by atoms with Crippen LogP contribution >= 0.6 is 0 Å². The first-order valence-corrected chi connectivity index (χ1v) is 11.9. The largest absolute Gasteiger partial charge is 0.325 e. The summed E-state index contributed by atoms with van der Waals surface area (Å²) < 4.78 is 3.88. The summed E-state index contributed by atoms with van der Waals surface area (Å²) in [5.74, 6) is 1.36. The molecule has 4 aromatic carbocycles. The van der Waals surface area contributed by atoms with Gasteiger partial charge in [-0.25, -0.2) is 9.89 Å². The van der Waals surface area contributed by atoms with Gasteiger partial charge in [0.15, 0.2) is 5.65 Å². The van der Waals surface area contributed by atoms with Crippen LogP contribution in [0.4, 0.5) is 23.0 Å². The van der Waals surface area contributed by atoms with E-state index in [1.165, 1.54) is 11.1 Å². The van der Waals surface area contributed by atoms with Crippen molar-refractivity contribution in [3.63, 3.8) is 0 Å². The fourth-order valence-corrected chi connectivity index (χ4v) is 4.67. The summed E-state index contributed by atoms with van der Waals surface area (Å²) in [6.45, 7) is 4.17. The van der Waals surface area contributed by atoms with E-state index >= 15 is 0 Å². The molecule has 7 rings (SSSR count). The SMILES string of the molecule is Cc1ccc(NC2=Nc3ccccc3-n3c(nn4nc5ccccc5c34)N2c2ccc(C)cc2)cc1. The van der Waals surface area contributed by atoms with Crippen LogP contribution in [0, 0.1) is 13.8 Å². The second kappa shape index (κ2) is 7.81. The average molecular weight is 470 g/mol. The van der Waals surface area contributed by atoms with Crippen molar-refractivity contribution >= 4 is 45.5 Å². The molecule has 6 aromatic rings. The van der Waals surface area contributed by atoms with Crippen molar-refractivity contribution in [1.82, 2.24) is 19.4 Å². The molecule has 0 atom stereocenters. The van der Waals surface area contributed by atoms with E-state index in [0.29, 0.717) is 11.9 Å². The molecule has 0 saturated carbocycles. The van der Waals surface area contributed by atoms with E-state index in [1.54, 1.807) is 4.63 Å².